The normalized spacial score (nSPS) is 17.2. The van der Waals surface area contributed by atoms with Crippen molar-refractivity contribution in [3.05, 3.63) is 0 Å². The highest BCUT2D eigenvalue weighted by Gasteiger charge is 2.22. The molecule has 1 amide bonds. The predicted octanol–water partition coefficient (Wildman–Crippen LogP) is 1.34. The van der Waals surface area contributed by atoms with Crippen LogP contribution in [0.25, 0.3) is 0 Å². The standard InChI is InChI=1S/C11H19NO3/c1-9(13)15-8-11(14)12(2)10-6-4-3-5-7-10/h10H,3-8H2,1-2H3. The molecule has 0 bridgehead atoms. The molecule has 0 aliphatic heterocycles. The van der Waals surface area contributed by atoms with E-state index in [1.165, 1.54) is 26.2 Å². The Morgan fingerprint density at radius 2 is 1.87 bits per heavy atom. The zero-order chi connectivity index (χ0) is 11.3. The fraction of sp³-hybridized carbons (Fsp3) is 0.818. The number of likely N-dealkylation sites (N-methyl/N-ethyl adjacent to an activating group) is 1. The third-order valence-electron chi connectivity index (χ3n) is 2.91. The third kappa shape index (κ3) is 3.90. The van der Waals surface area contributed by atoms with Crippen molar-refractivity contribution in [2.45, 2.75) is 45.1 Å². The van der Waals surface area contributed by atoms with Crippen molar-refractivity contribution in [1.29, 1.82) is 0 Å². The van der Waals surface area contributed by atoms with E-state index in [0.717, 1.165) is 12.8 Å². The largest absolute Gasteiger partial charge is 0.456 e. The Bertz CT molecular complexity index is 234. The lowest BCUT2D eigenvalue weighted by Gasteiger charge is -2.31. The number of carbonyl (C=O) groups is 2. The van der Waals surface area contributed by atoms with Gasteiger partial charge in [0, 0.05) is 20.0 Å². The first kappa shape index (κ1) is 12.0. The van der Waals surface area contributed by atoms with Crippen LogP contribution in [0.15, 0.2) is 0 Å². The Hall–Kier alpha value is -1.06. The molecule has 0 aromatic carbocycles. The molecule has 0 atom stereocenters. The van der Waals surface area contributed by atoms with Crippen molar-refractivity contribution in [3.63, 3.8) is 0 Å². The van der Waals surface area contributed by atoms with Crippen molar-refractivity contribution >= 4 is 11.9 Å². The molecular weight excluding hydrogens is 194 g/mol. The zero-order valence-corrected chi connectivity index (χ0v) is 9.49. The van der Waals surface area contributed by atoms with E-state index in [9.17, 15) is 9.59 Å². The van der Waals surface area contributed by atoms with Crippen molar-refractivity contribution < 1.29 is 14.3 Å². The molecule has 1 fully saturated rings. The molecule has 86 valence electrons. The second-order valence-corrected chi connectivity index (χ2v) is 4.08. The number of carbonyl (C=O) groups excluding carboxylic acids is 2. The van der Waals surface area contributed by atoms with Gasteiger partial charge in [0.25, 0.3) is 5.91 Å². The second kappa shape index (κ2) is 5.73. The first-order chi connectivity index (χ1) is 7.11. The fourth-order valence-corrected chi connectivity index (χ4v) is 1.94. The van der Waals surface area contributed by atoms with Crippen LogP contribution >= 0.6 is 0 Å². The lowest BCUT2D eigenvalue weighted by atomic mass is 9.94. The lowest BCUT2D eigenvalue weighted by molar-refractivity contribution is -0.150. The molecule has 0 radical (unpaired) electrons. The summed E-state index contributed by atoms with van der Waals surface area (Å²) in [6.45, 7) is 1.19. The molecule has 1 saturated carbocycles. The molecule has 1 aliphatic rings. The SMILES string of the molecule is CC(=O)OCC(=O)N(C)C1CCCCC1. The molecule has 0 heterocycles. The molecule has 0 spiro atoms. The Morgan fingerprint density at radius 1 is 1.27 bits per heavy atom. The van der Waals surface area contributed by atoms with Crippen LogP contribution < -0.4 is 0 Å². The molecular formula is C11H19NO3. The number of esters is 1. The van der Waals surface area contributed by atoms with E-state index in [4.69, 9.17) is 0 Å². The summed E-state index contributed by atoms with van der Waals surface area (Å²) >= 11 is 0. The minimum absolute atomic E-state index is 0.0999. The summed E-state index contributed by atoms with van der Waals surface area (Å²) in [5.74, 6) is -0.502. The Morgan fingerprint density at radius 3 is 2.40 bits per heavy atom. The second-order valence-electron chi connectivity index (χ2n) is 4.08. The summed E-state index contributed by atoms with van der Waals surface area (Å²) in [4.78, 5) is 23.9. The first-order valence-corrected chi connectivity index (χ1v) is 5.50. The van der Waals surface area contributed by atoms with Gasteiger partial charge in [0.15, 0.2) is 6.61 Å². The lowest BCUT2D eigenvalue weighted by Crippen LogP contribution is -2.40. The van der Waals surface area contributed by atoms with Gasteiger partial charge in [0.05, 0.1) is 0 Å². The average molecular weight is 213 g/mol. The van der Waals surface area contributed by atoms with E-state index in [2.05, 4.69) is 4.74 Å². The van der Waals surface area contributed by atoms with E-state index >= 15 is 0 Å². The maximum absolute atomic E-state index is 11.6. The number of hydrogen-bond donors (Lipinski definition) is 0. The summed E-state index contributed by atoms with van der Waals surface area (Å²) < 4.78 is 4.69. The monoisotopic (exact) mass is 213 g/mol. The van der Waals surface area contributed by atoms with Crippen LogP contribution in [0.3, 0.4) is 0 Å². The van der Waals surface area contributed by atoms with Crippen LogP contribution in [-0.4, -0.2) is 36.5 Å². The Labute approximate surface area is 90.6 Å². The van der Waals surface area contributed by atoms with E-state index in [1.54, 1.807) is 11.9 Å². The van der Waals surface area contributed by atoms with E-state index in [1.807, 2.05) is 0 Å². The minimum Gasteiger partial charge on any atom is -0.456 e. The highest BCUT2D eigenvalue weighted by atomic mass is 16.5. The van der Waals surface area contributed by atoms with Gasteiger partial charge in [0.2, 0.25) is 0 Å². The summed E-state index contributed by atoms with van der Waals surface area (Å²) in [5, 5.41) is 0. The van der Waals surface area contributed by atoms with Crippen LogP contribution in [0.4, 0.5) is 0 Å². The van der Waals surface area contributed by atoms with Gasteiger partial charge in [0.1, 0.15) is 0 Å². The van der Waals surface area contributed by atoms with E-state index in [0.29, 0.717) is 6.04 Å². The number of hydrogen-bond acceptors (Lipinski definition) is 3. The molecule has 0 saturated heterocycles. The zero-order valence-electron chi connectivity index (χ0n) is 9.49. The fourth-order valence-electron chi connectivity index (χ4n) is 1.94. The van der Waals surface area contributed by atoms with Crippen molar-refractivity contribution in [3.8, 4) is 0 Å². The van der Waals surface area contributed by atoms with Gasteiger partial charge in [-0.05, 0) is 12.8 Å². The van der Waals surface area contributed by atoms with Crippen molar-refractivity contribution in [2.75, 3.05) is 13.7 Å². The van der Waals surface area contributed by atoms with Crippen LogP contribution in [0, 0.1) is 0 Å². The van der Waals surface area contributed by atoms with Crippen LogP contribution in [-0.2, 0) is 14.3 Å². The maximum atomic E-state index is 11.6. The predicted molar refractivity (Wildman–Crippen MR) is 56.3 cm³/mol. The summed E-state index contributed by atoms with van der Waals surface area (Å²) in [5.41, 5.74) is 0. The van der Waals surface area contributed by atoms with Gasteiger partial charge in [-0.2, -0.15) is 0 Å². The van der Waals surface area contributed by atoms with Crippen molar-refractivity contribution in [1.82, 2.24) is 4.90 Å². The Kier molecular flexibility index (Phi) is 4.59. The molecule has 15 heavy (non-hydrogen) atoms. The summed E-state index contributed by atoms with van der Waals surface area (Å²) in [6.07, 6.45) is 5.79. The molecule has 1 rings (SSSR count). The molecule has 4 nitrogen and oxygen atoms in total. The van der Waals surface area contributed by atoms with Crippen LogP contribution in [0.5, 0.6) is 0 Å². The smallest absolute Gasteiger partial charge is 0.303 e. The molecule has 1 aliphatic carbocycles. The van der Waals surface area contributed by atoms with Gasteiger partial charge in [-0.3, -0.25) is 9.59 Å². The van der Waals surface area contributed by atoms with Gasteiger partial charge in [-0.15, -0.1) is 0 Å². The first-order valence-electron chi connectivity index (χ1n) is 5.50. The van der Waals surface area contributed by atoms with E-state index < -0.39 is 5.97 Å². The highest BCUT2D eigenvalue weighted by molar-refractivity contribution is 5.80. The number of nitrogens with zero attached hydrogens (tertiary/aromatic N) is 1. The van der Waals surface area contributed by atoms with Crippen LogP contribution in [0.2, 0.25) is 0 Å². The van der Waals surface area contributed by atoms with Gasteiger partial charge >= 0.3 is 5.97 Å². The van der Waals surface area contributed by atoms with Gasteiger partial charge in [-0.1, -0.05) is 19.3 Å². The number of ether oxygens (including phenoxy) is 1. The Balaban J connectivity index is 2.33. The van der Waals surface area contributed by atoms with E-state index in [-0.39, 0.29) is 12.5 Å². The molecule has 0 unspecified atom stereocenters. The maximum Gasteiger partial charge on any atom is 0.303 e. The highest BCUT2D eigenvalue weighted by Crippen LogP contribution is 2.21. The minimum atomic E-state index is -0.402. The van der Waals surface area contributed by atoms with Gasteiger partial charge in [-0.25, -0.2) is 0 Å². The quantitative estimate of drug-likeness (QED) is 0.665. The van der Waals surface area contributed by atoms with Crippen molar-refractivity contribution in [2.24, 2.45) is 0 Å². The van der Waals surface area contributed by atoms with Crippen LogP contribution in [0.1, 0.15) is 39.0 Å². The average Bonchev–Trinajstić information content (AvgIpc) is 2.26. The molecule has 0 N–H and O–H groups in total. The third-order valence-corrected chi connectivity index (χ3v) is 2.91. The topological polar surface area (TPSA) is 46.6 Å². The summed E-state index contributed by atoms with van der Waals surface area (Å²) in [7, 11) is 1.79. The molecule has 0 aromatic rings. The van der Waals surface area contributed by atoms with Gasteiger partial charge < -0.3 is 9.64 Å². The number of amides is 1. The molecule has 0 aromatic heterocycles. The molecule has 4 heteroatoms. The number of rotatable bonds is 3. The summed E-state index contributed by atoms with van der Waals surface area (Å²) in [6, 6.07) is 0.335.